The fourth-order valence-corrected chi connectivity index (χ4v) is 2.67. The molecule has 1 aromatic carbocycles. The molecule has 3 N–H and O–H groups in total. The van der Waals surface area contributed by atoms with E-state index in [1.54, 1.807) is 20.8 Å². The van der Waals surface area contributed by atoms with Crippen LogP contribution in [0.5, 0.6) is 0 Å². The van der Waals surface area contributed by atoms with E-state index in [0.29, 0.717) is 0 Å². The van der Waals surface area contributed by atoms with Gasteiger partial charge in [0.05, 0.1) is 0 Å². The second-order valence-electron chi connectivity index (χ2n) is 6.63. The molecule has 0 aliphatic heterocycles. The highest BCUT2D eigenvalue weighted by atomic mass is 16.4. The van der Waals surface area contributed by atoms with Crippen molar-refractivity contribution >= 4 is 12.0 Å². The van der Waals surface area contributed by atoms with Crippen molar-refractivity contribution in [1.29, 1.82) is 0 Å². The normalized spacial score (nSPS) is 16.1. The van der Waals surface area contributed by atoms with Gasteiger partial charge in [0.25, 0.3) is 0 Å². The molecule has 0 radical (unpaired) electrons. The predicted octanol–water partition coefficient (Wildman–Crippen LogP) is 1.95. The highest BCUT2D eigenvalue weighted by Crippen LogP contribution is 2.22. The summed E-state index contributed by atoms with van der Waals surface area (Å²) in [5.74, 6) is -1.02. The molecule has 0 spiro atoms. The van der Waals surface area contributed by atoms with Crippen molar-refractivity contribution in [2.24, 2.45) is 5.41 Å². The Hall–Kier alpha value is -2.04. The predicted molar refractivity (Wildman–Crippen MR) is 80.2 cm³/mol. The minimum Gasteiger partial charge on any atom is -0.480 e. The number of carboxylic acid groups (broad SMARTS) is 1. The zero-order chi connectivity index (χ0) is 15.6. The van der Waals surface area contributed by atoms with Gasteiger partial charge in [-0.1, -0.05) is 45.0 Å². The lowest BCUT2D eigenvalue weighted by atomic mass is 9.87. The third kappa shape index (κ3) is 3.74. The van der Waals surface area contributed by atoms with Crippen LogP contribution in [-0.2, 0) is 17.6 Å². The van der Waals surface area contributed by atoms with E-state index in [1.807, 2.05) is 12.1 Å². The monoisotopic (exact) mass is 290 g/mol. The minimum absolute atomic E-state index is 0.0248. The van der Waals surface area contributed by atoms with Gasteiger partial charge in [-0.05, 0) is 29.4 Å². The van der Waals surface area contributed by atoms with Crippen LogP contribution >= 0.6 is 0 Å². The van der Waals surface area contributed by atoms with Crippen molar-refractivity contribution in [2.75, 3.05) is 0 Å². The number of fused-ring (bicyclic) bond motifs is 1. The second-order valence-corrected chi connectivity index (χ2v) is 6.63. The molecule has 5 heteroatoms. The van der Waals surface area contributed by atoms with E-state index in [2.05, 4.69) is 22.8 Å². The van der Waals surface area contributed by atoms with Crippen LogP contribution in [0.2, 0.25) is 0 Å². The molecule has 0 heterocycles. The average Bonchev–Trinajstić information content (AvgIpc) is 2.76. The standard InChI is InChI=1S/C16H22N2O3/c1-16(2,3)13(14(19)20)18-15(21)17-12-8-10-6-4-5-7-11(10)9-12/h4-7,12-13H,8-9H2,1-3H3,(H,19,20)(H2,17,18,21). The Kier molecular flexibility index (Phi) is 4.21. The van der Waals surface area contributed by atoms with Crippen LogP contribution in [0, 0.1) is 5.41 Å². The highest BCUT2D eigenvalue weighted by molar-refractivity contribution is 5.83. The van der Waals surface area contributed by atoms with Crippen LogP contribution in [-0.4, -0.2) is 29.2 Å². The maximum Gasteiger partial charge on any atom is 0.326 e. The molecule has 1 aliphatic carbocycles. The van der Waals surface area contributed by atoms with Gasteiger partial charge in [-0.25, -0.2) is 9.59 Å². The summed E-state index contributed by atoms with van der Waals surface area (Å²) in [7, 11) is 0. The van der Waals surface area contributed by atoms with Gasteiger partial charge in [-0.3, -0.25) is 0 Å². The molecule has 1 atom stereocenters. The van der Waals surface area contributed by atoms with Crippen molar-refractivity contribution in [3.63, 3.8) is 0 Å². The van der Waals surface area contributed by atoms with E-state index < -0.39 is 23.5 Å². The van der Waals surface area contributed by atoms with Crippen molar-refractivity contribution in [3.8, 4) is 0 Å². The first kappa shape index (κ1) is 15.4. The van der Waals surface area contributed by atoms with E-state index in [0.717, 1.165) is 12.8 Å². The number of aliphatic carboxylic acids is 1. The number of hydrogen-bond acceptors (Lipinski definition) is 2. The Balaban J connectivity index is 1.93. The van der Waals surface area contributed by atoms with E-state index in [1.165, 1.54) is 11.1 Å². The third-order valence-electron chi connectivity index (χ3n) is 3.77. The molecule has 0 saturated heterocycles. The molecule has 0 saturated carbocycles. The largest absolute Gasteiger partial charge is 0.480 e. The van der Waals surface area contributed by atoms with Crippen molar-refractivity contribution in [1.82, 2.24) is 10.6 Å². The highest BCUT2D eigenvalue weighted by Gasteiger charge is 2.33. The lowest BCUT2D eigenvalue weighted by Crippen LogP contribution is -2.54. The Morgan fingerprint density at radius 2 is 1.71 bits per heavy atom. The summed E-state index contributed by atoms with van der Waals surface area (Å²) < 4.78 is 0. The smallest absolute Gasteiger partial charge is 0.326 e. The number of urea groups is 1. The summed E-state index contributed by atoms with van der Waals surface area (Å²) >= 11 is 0. The molecule has 2 amide bonds. The van der Waals surface area contributed by atoms with Crippen molar-refractivity contribution < 1.29 is 14.7 Å². The van der Waals surface area contributed by atoms with E-state index in [-0.39, 0.29) is 6.04 Å². The van der Waals surface area contributed by atoms with Gasteiger partial charge in [0, 0.05) is 6.04 Å². The topological polar surface area (TPSA) is 78.4 Å². The van der Waals surface area contributed by atoms with Gasteiger partial charge in [0.15, 0.2) is 0 Å². The fourth-order valence-electron chi connectivity index (χ4n) is 2.67. The summed E-state index contributed by atoms with van der Waals surface area (Å²) in [6.45, 7) is 5.37. The molecular formula is C16H22N2O3. The van der Waals surface area contributed by atoms with Crippen LogP contribution in [0.25, 0.3) is 0 Å². The first-order chi connectivity index (χ1) is 9.77. The number of nitrogens with one attached hydrogen (secondary N) is 2. The Bertz CT molecular complexity index is 524. The van der Waals surface area contributed by atoms with Gasteiger partial charge in [0.2, 0.25) is 0 Å². The number of carboxylic acids is 1. The van der Waals surface area contributed by atoms with Gasteiger partial charge in [-0.15, -0.1) is 0 Å². The molecule has 1 aromatic rings. The summed E-state index contributed by atoms with van der Waals surface area (Å²) in [6, 6.07) is 6.78. The Morgan fingerprint density at radius 3 is 2.14 bits per heavy atom. The van der Waals surface area contributed by atoms with Gasteiger partial charge in [-0.2, -0.15) is 0 Å². The quantitative estimate of drug-likeness (QED) is 0.796. The summed E-state index contributed by atoms with van der Waals surface area (Å²) in [5.41, 5.74) is 1.95. The number of amides is 2. The van der Waals surface area contributed by atoms with E-state index in [9.17, 15) is 14.7 Å². The molecule has 5 nitrogen and oxygen atoms in total. The summed E-state index contributed by atoms with van der Waals surface area (Å²) in [5, 5.41) is 14.6. The van der Waals surface area contributed by atoms with Crippen LogP contribution in [0.4, 0.5) is 4.79 Å². The van der Waals surface area contributed by atoms with Crippen LogP contribution < -0.4 is 10.6 Å². The number of carbonyl (C=O) groups excluding carboxylic acids is 1. The fraction of sp³-hybridized carbons (Fsp3) is 0.500. The average molecular weight is 290 g/mol. The number of hydrogen-bond donors (Lipinski definition) is 3. The SMILES string of the molecule is CC(C)(C)C(NC(=O)NC1Cc2ccccc2C1)C(=O)O. The third-order valence-corrected chi connectivity index (χ3v) is 3.77. The molecule has 0 fully saturated rings. The zero-order valence-corrected chi connectivity index (χ0v) is 12.6. The second kappa shape index (κ2) is 5.76. The molecule has 0 bridgehead atoms. The first-order valence-corrected chi connectivity index (χ1v) is 7.14. The van der Waals surface area contributed by atoms with Crippen LogP contribution in [0.15, 0.2) is 24.3 Å². The van der Waals surface area contributed by atoms with Crippen LogP contribution in [0.1, 0.15) is 31.9 Å². The van der Waals surface area contributed by atoms with E-state index in [4.69, 9.17) is 0 Å². The lowest BCUT2D eigenvalue weighted by Gasteiger charge is -2.28. The molecule has 1 unspecified atom stereocenters. The van der Waals surface area contributed by atoms with Gasteiger partial charge >= 0.3 is 12.0 Å². The van der Waals surface area contributed by atoms with E-state index >= 15 is 0 Å². The minimum atomic E-state index is -1.02. The number of benzene rings is 1. The zero-order valence-electron chi connectivity index (χ0n) is 12.6. The molecule has 114 valence electrons. The molecule has 0 aromatic heterocycles. The summed E-state index contributed by atoms with van der Waals surface area (Å²) in [4.78, 5) is 23.3. The lowest BCUT2D eigenvalue weighted by molar-refractivity contribution is -0.141. The molecule has 2 rings (SSSR count). The molecule has 21 heavy (non-hydrogen) atoms. The van der Waals surface area contributed by atoms with Crippen LogP contribution in [0.3, 0.4) is 0 Å². The molecular weight excluding hydrogens is 268 g/mol. The number of carbonyl (C=O) groups is 2. The van der Waals surface area contributed by atoms with Gasteiger partial charge in [0.1, 0.15) is 6.04 Å². The number of rotatable bonds is 3. The van der Waals surface area contributed by atoms with Gasteiger partial charge < -0.3 is 15.7 Å². The van der Waals surface area contributed by atoms with Crippen molar-refractivity contribution in [3.05, 3.63) is 35.4 Å². The maximum absolute atomic E-state index is 12.0. The molecule has 1 aliphatic rings. The maximum atomic E-state index is 12.0. The Morgan fingerprint density at radius 1 is 1.19 bits per heavy atom. The first-order valence-electron chi connectivity index (χ1n) is 7.14. The van der Waals surface area contributed by atoms with Crippen molar-refractivity contribution in [2.45, 2.75) is 45.7 Å². The Labute approximate surface area is 124 Å². The summed E-state index contributed by atoms with van der Waals surface area (Å²) in [6.07, 6.45) is 1.58.